The van der Waals surface area contributed by atoms with Gasteiger partial charge in [-0.2, -0.15) is 0 Å². The molecule has 2 heterocycles. The Morgan fingerprint density at radius 3 is 2.50 bits per heavy atom. The number of fused-ring (bicyclic) bond motifs is 1. The number of nitrogen functional groups attached to an aromatic ring is 1. The van der Waals surface area contributed by atoms with Gasteiger partial charge in [0.2, 0.25) is 0 Å². The third-order valence-electron chi connectivity index (χ3n) is 4.49. The van der Waals surface area contributed by atoms with E-state index in [1.165, 1.54) is 0 Å². The Balaban J connectivity index is 1.40. The van der Waals surface area contributed by atoms with Gasteiger partial charge < -0.3 is 20.2 Å². The molecule has 0 bridgehead atoms. The highest BCUT2D eigenvalue weighted by Crippen LogP contribution is 2.31. The third-order valence-corrected chi connectivity index (χ3v) is 5.11. The van der Waals surface area contributed by atoms with Crippen LogP contribution in [0.2, 0.25) is 10.0 Å². The van der Waals surface area contributed by atoms with Gasteiger partial charge in [0.15, 0.2) is 0 Å². The van der Waals surface area contributed by atoms with E-state index in [0.29, 0.717) is 23.6 Å². The summed E-state index contributed by atoms with van der Waals surface area (Å²) in [5.74, 6) is 0.340. The fraction of sp³-hybridized carbons (Fsp3) is 0.0909. The van der Waals surface area contributed by atoms with Gasteiger partial charge in [-0.1, -0.05) is 29.3 Å². The molecule has 0 spiro atoms. The van der Waals surface area contributed by atoms with Crippen LogP contribution in [0, 0.1) is 6.92 Å². The van der Waals surface area contributed by atoms with E-state index in [2.05, 4.69) is 10.3 Å². The summed E-state index contributed by atoms with van der Waals surface area (Å²) < 4.78 is 7.76. The van der Waals surface area contributed by atoms with Gasteiger partial charge in [0.1, 0.15) is 18.0 Å². The molecule has 2 aromatic heterocycles. The molecule has 1 amide bonds. The Morgan fingerprint density at radius 2 is 1.80 bits per heavy atom. The number of halogens is 2. The van der Waals surface area contributed by atoms with Crippen molar-refractivity contribution in [3.8, 4) is 5.75 Å². The maximum atomic E-state index is 12.5. The molecule has 0 unspecified atom stereocenters. The zero-order valence-electron chi connectivity index (χ0n) is 16.0. The van der Waals surface area contributed by atoms with Gasteiger partial charge in [0.25, 0.3) is 5.91 Å². The average molecular weight is 441 g/mol. The van der Waals surface area contributed by atoms with Gasteiger partial charge in [-0.15, -0.1) is 0 Å². The van der Waals surface area contributed by atoms with Crippen LogP contribution in [0.5, 0.6) is 5.75 Å². The van der Waals surface area contributed by atoms with Gasteiger partial charge in [-0.05, 0) is 55.0 Å². The molecule has 4 rings (SSSR count). The second-order valence-electron chi connectivity index (χ2n) is 6.82. The van der Waals surface area contributed by atoms with E-state index in [4.69, 9.17) is 33.7 Å². The molecule has 0 fully saturated rings. The lowest BCUT2D eigenvalue weighted by Crippen LogP contribution is -2.12. The maximum absolute atomic E-state index is 12.5. The summed E-state index contributed by atoms with van der Waals surface area (Å²) in [5.41, 5.74) is 9.77. The van der Waals surface area contributed by atoms with Crippen molar-refractivity contribution in [1.29, 1.82) is 0 Å². The number of carbonyl (C=O) groups is 1. The Labute approximate surface area is 183 Å². The first kappa shape index (κ1) is 20.1. The topological polar surface area (TPSA) is 81.6 Å². The summed E-state index contributed by atoms with van der Waals surface area (Å²) in [6.07, 6.45) is 3.95. The zero-order chi connectivity index (χ0) is 21.3. The number of pyridine rings is 1. The lowest BCUT2D eigenvalue weighted by atomic mass is 10.2. The van der Waals surface area contributed by atoms with E-state index < -0.39 is 0 Å². The predicted octanol–water partition coefficient (Wildman–Crippen LogP) is 5.36. The molecule has 0 radical (unpaired) electrons. The van der Waals surface area contributed by atoms with Crippen LogP contribution in [-0.4, -0.2) is 15.3 Å². The minimum absolute atomic E-state index is 0.276. The number of hydrogen-bond donors (Lipinski definition) is 2. The number of ether oxygens (including phenoxy) is 1. The summed E-state index contributed by atoms with van der Waals surface area (Å²) in [6, 6.07) is 13.9. The summed E-state index contributed by atoms with van der Waals surface area (Å²) in [6.45, 7) is 2.36. The second-order valence-corrected chi connectivity index (χ2v) is 7.64. The highest BCUT2D eigenvalue weighted by Gasteiger charge is 2.10. The molecule has 4 aromatic rings. The van der Waals surface area contributed by atoms with Crippen LogP contribution in [0.4, 0.5) is 11.4 Å². The number of imidazole rings is 1. The number of benzene rings is 2. The number of carbonyl (C=O) groups excluding carboxylic acids is 1. The highest BCUT2D eigenvalue weighted by atomic mass is 35.5. The number of nitrogens with one attached hydrogen (secondary N) is 1. The number of aryl methyl sites for hydroxylation is 1. The smallest absolute Gasteiger partial charge is 0.255 e. The van der Waals surface area contributed by atoms with Crippen molar-refractivity contribution in [2.75, 3.05) is 11.1 Å². The van der Waals surface area contributed by atoms with Crippen LogP contribution in [0.1, 0.15) is 21.6 Å². The quantitative estimate of drug-likeness (QED) is 0.409. The predicted molar refractivity (Wildman–Crippen MR) is 120 cm³/mol. The minimum atomic E-state index is -0.297. The normalized spacial score (nSPS) is 10.9. The number of nitrogens with two attached hydrogens (primary N) is 1. The monoisotopic (exact) mass is 440 g/mol. The zero-order valence-corrected chi connectivity index (χ0v) is 17.5. The van der Waals surface area contributed by atoms with Gasteiger partial charge in [0.05, 0.1) is 21.4 Å². The van der Waals surface area contributed by atoms with E-state index >= 15 is 0 Å². The first-order valence-electron chi connectivity index (χ1n) is 9.12. The molecule has 0 aliphatic rings. The standard InChI is InChI=1S/C22H18Cl2N4O2/c1-13-2-7-20-26-16(11-28(20)10-13)12-30-17-5-3-14(4-6-17)22(29)27-15-8-18(23)21(25)19(24)9-15/h2-11H,12,25H2,1H3,(H,27,29). The Kier molecular flexibility index (Phi) is 5.53. The molecular weight excluding hydrogens is 423 g/mol. The van der Waals surface area contributed by atoms with Crippen molar-refractivity contribution in [3.05, 3.63) is 87.8 Å². The van der Waals surface area contributed by atoms with Crippen molar-refractivity contribution < 1.29 is 9.53 Å². The molecule has 0 atom stereocenters. The molecule has 0 aliphatic heterocycles. The van der Waals surface area contributed by atoms with E-state index in [1.807, 2.05) is 35.9 Å². The average Bonchev–Trinajstić information content (AvgIpc) is 3.12. The molecule has 3 N–H and O–H groups in total. The fourth-order valence-corrected chi connectivity index (χ4v) is 3.43. The molecule has 152 valence electrons. The Hall–Kier alpha value is -3.22. The van der Waals surface area contributed by atoms with Crippen molar-refractivity contribution in [2.45, 2.75) is 13.5 Å². The lowest BCUT2D eigenvalue weighted by molar-refractivity contribution is 0.102. The van der Waals surface area contributed by atoms with Crippen LogP contribution >= 0.6 is 23.2 Å². The van der Waals surface area contributed by atoms with E-state index in [1.54, 1.807) is 36.4 Å². The van der Waals surface area contributed by atoms with Crippen LogP contribution in [0.15, 0.2) is 60.9 Å². The van der Waals surface area contributed by atoms with Gasteiger partial charge in [-0.3, -0.25) is 4.79 Å². The van der Waals surface area contributed by atoms with Crippen LogP contribution in [-0.2, 0) is 6.61 Å². The molecule has 0 aliphatic carbocycles. The third kappa shape index (κ3) is 4.35. The number of anilines is 2. The van der Waals surface area contributed by atoms with E-state index in [-0.39, 0.29) is 21.6 Å². The molecule has 8 heteroatoms. The molecule has 0 saturated carbocycles. The second kappa shape index (κ2) is 8.26. The largest absolute Gasteiger partial charge is 0.487 e. The number of aromatic nitrogens is 2. The number of hydrogen-bond acceptors (Lipinski definition) is 4. The Bertz CT molecular complexity index is 1210. The van der Waals surface area contributed by atoms with Gasteiger partial charge >= 0.3 is 0 Å². The number of nitrogens with zero attached hydrogens (tertiary/aromatic N) is 2. The highest BCUT2D eigenvalue weighted by molar-refractivity contribution is 6.39. The van der Waals surface area contributed by atoms with Crippen LogP contribution < -0.4 is 15.8 Å². The summed E-state index contributed by atoms with van der Waals surface area (Å²) in [7, 11) is 0. The van der Waals surface area contributed by atoms with Crippen LogP contribution in [0.3, 0.4) is 0 Å². The SMILES string of the molecule is Cc1ccc2nc(COc3ccc(C(=O)Nc4cc(Cl)c(N)c(Cl)c4)cc3)cn2c1. The fourth-order valence-electron chi connectivity index (χ4n) is 2.94. The molecule has 30 heavy (non-hydrogen) atoms. The summed E-state index contributed by atoms with van der Waals surface area (Å²) >= 11 is 12.0. The number of amides is 1. The number of rotatable bonds is 5. The first-order chi connectivity index (χ1) is 14.4. The minimum Gasteiger partial charge on any atom is -0.487 e. The van der Waals surface area contributed by atoms with Crippen LogP contribution in [0.25, 0.3) is 5.65 Å². The van der Waals surface area contributed by atoms with Gasteiger partial charge in [0, 0.05) is 23.6 Å². The lowest BCUT2D eigenvalue weighted by Gasteiger charge is -2.09. The Morgan fingerprint density at radius 1 is 1.10 bits per heavy atom. The van der Waals surface area contributed by atoms with Crippen molar-refractivity contribution in [3.63, 3.8) is 0 Å². The molecular formula is C22H18Cl2N4O2. The van der Waals surface area contributed by atoms with Crippen molar-refractivity contribution in [2.24, 2.45) is 0 Å². The molecule has 0 saturated heterocycles. The van der Waals surface area contributed by atoms with Crippen molar-refractivity contribution in [1.82, 2.24) is 9.38 Å². The summed E-state index contributed by atoms with van der Waals surface area (Å²) in [5, 5.41) is 3.31. The molecule has 2 aromatic carbocycles. The van der Waals surface area contributed by atoms with E-state index in [9.17, 15) is 4.79 Å². The summed E-state index contributed by atoms with van der Waals surface area (Å²) in [4.78, 5) is 17.0. The van der Waals surface area contributed by atoms with E-state index in [0.717, 1.165) is 16.9 Å². The molecule has 6 nitrogen and oxygen atoms in total. The van der Waals surface area contributed by atoms with Gasteiger partial charge in [-0.25, -0.2) is 4.98 Å². The maximum Gasteiger partial charge on any atom is 0.255 e. The first-order valence-corrected chi connectivity index (χ1v) is 9.87. The van der Waals surface area contributed by atoms with Crippen molar-refractivity contribution >= 4 is 46.1 Å².